The van der Waals surface area contributed by atoms with E-state index >= 15 is 0 Å². The highest BCUT2D eigenvalue weighted by molar-refractivity contribution is 6.30. The number of ether oxygens (including phenoxy) is 2. The summed E-state index contributed by atoms with van der Waals surface area (Å²) < 4.78 is 10.3. The smallest absolute Gasteiger partial charge is 0.251 e. The summed E-state index contributed by atoms with van der Waals surface area (Å²) >= 11 is 5.78. The topological polar surface area (TPSA) is 76.7 Å². The maximum Gasteiger partial charge on any atom is 0.251 e. The summed E-state index contributed by atoms with van der Waals surface area (Å²) in [5.41, 5.74) is 0.996. The first kappa shape index (κ1) is 18.6. The van der Waals surface area contributed by atoms with Gasteiger partial charge in [-0.05, 0) is 36.4 Å². The van der Waals surface area contributed by atoms with Crippen molar-refractivity contribution in [2.24, 2.45) is 0 Å². The van der Waals surface area contributed by atoms with Gasteiger partial charge in [0.15, 0.2) is 0 Å². The second-order valence-electron chi connectivity index (χ2n) is 5.13. The van der Waals surface area contributed by atoms with Gasteiger partial charge in [-0.1, -0.05) is 11.6 Å². The Kier molecular flexibility index (Phi) is 6.65. The highest BCUT2D eigenvalue weighted by Gasteiger charge is 2.10. The molecular formula is C18H19ClN2O4. The lowest BCUT2D eigenvalue weighted by Crippen LogP contribution is -2.27. The van der Waals surface area contributed by atoms with E-state index < -0.39 is 0 Å². The molecule has 0 aromatic heterocycles. The van der Waals surface area contributed by atoms with Gasteiger partial charge < -0.3 is 20.1 Å². The summed E-state index contributed by atoms with van der Waals surface area (Å²) in [4.78, 5) is 24.0. The van der Waals surface area contributed by atoms with Gasteiger partial charge in [0.05, 0.1) is 19.9 Å². The number of nitrogens with one attached hydrogen (secondary N) is 2. The standard InChI is InChI=1S/C18H19ClN2O4/c1-24-14-7-8-16(25-2)15(11-14)21-17(22)9-10-20-18(23)12-3-5-13(19)6-4-12/h3-8,11H,9-10H2,1-2H3,(H,20,23)(H,21,22). The molecule has 0 aliphatic heterocycles. The van der Waals surface area contributed by atoms with Gasteiger partial charge in [-0.25, -0.2) is 0 Å². The molecule has 0 spiro atoms. The minimum Gasteiger partial charge on any atom is -0.497 e. The molecule has 2 aromatic rings. The summed E-state index contributed by atoms with van der Waals surface area (Å²) in [6, 6.07) is 11.6. The first-order chi connectivity index (χ1) is 12.0. The zero-order valence-corrected chi connectivity index (χ0v) is 14.7. The monoisotopic (exact) mass is 362 g/mol. The summed E-state index contributed by atoms with van der Waals surface area (Å²) in [5, 5.41) is 5.99. The van der Waals surface area contributed by atoms with Crippen LogP contribution in [0.4, 0.5) is 5.69 Å². The number of methoxy groups -OCH3 is 2. The molecule has 0 atom stereocenters. The Morgan fingerprint density at radius 2 is 1.76 bits per heavy atom. The lowest BCUT2D eigenvalue weighted by Gasteiger charge is -2.12. The van der Waals surface area contributed by atoms with Crippen molar-refractivity contribution in [2.75, 3.05) is 26.1 Å². The number of rotatable bonds is 7. The molecule has 0 aliphatic carbocycles. The third-order valence-electron chi connectivity index (χ3n) is 3.42. The summed E-state index contributed by atoms with van der Waals surface area (Å²) in [6.45, 7) is 0.208. The van der Waals surface area contributed by atoms with E-state index in [0.29, 0.717) is 27.8 Å². The number of benzene rings is 2. The van der Waals surface area contributed by atoms with E-state index in [2.05, 4.69) is 10.6 Å². The summed E-state index contributed by atoms with van der Waals surface area (Å²) in [5.74, 6) is 0.623. The van der Waals surface area contributed by atoms with Crippen molar-refractivity contribution < 1.29 is 19.1 Å². The predicted octanol–water partition coefficient (Wildman–Crippen LogP) is 3.12. The molecule has 2 aromatic carbocycles. The molecule has 0 saturated carbocycles. The first-order valence-electron chi connectivity index (χ1n) is 7.59. The van der Waals surface area contributed by atoms with E-state index in [-0.39, 0.29) is 24.8 Å². The van der Waals surface area contributed by atoms with Crippen LogP contribution in [-0.2, 0) is 4.79 Å². The van der Waals surface area contributed by atoms with Crippen LogP contribution < -0.4 is 20.1 Å². The molecule has 25 heavy (non-hydrogen) atoms. The summed E-state index contributed by atoms with van der Waals surface area (Å²) in [7, 11) is 3.06. The molecule has 2 rings (SSSR count). The zero-order valence-electron chi connectivity index (χ0n) is 14.0. The number of anilines is 1. The molecule has 132 valence electrons. The molecule has 6 nitrogen and oxygen atoms in total. The van der Waals surface area contributed by atoms with Gasteiger partial charge in [0.1, 0.15) is 11.5 Å². The zero-order chi connectivity index (χ0) is 18.2. The number of hydrogen-bond acceptors (Lipinski definition) is 4. The van der Waals surface area contributed by atoms with Crippen LogP contribution in [0.15, 0.2) is 42.5 Å². The number of carbonyl (C=O) groups is 2. The van der Waals surface area contributed by atoms with Crippen LogP contribution in [-0.4, -0.2) is 32.6 Å². The van der Waals surface area contributed by atoms with E-state index in [4.69, 9.17) is 21.1 Å². The van der Waals surface area contributed by atoms with Crippen LogP contribution in [0.25, 0.3) is 0 Å². The van der Waals surface area contributed by atoms with E-state index in [1.165, 1.54) is 7.11 Å². The van der Waals surface area contributed by atoms with Crippen LogP contribution >= 0.6 is 11.6 Å². The van der Waals surface area contributed by atoms with Gasteiger partial charge in [0.25, 0.3) is 5.91 Å². The number of halogens is 1. The van der Waals surface area contributed by atoms with Crippen molar-refractivity contribution in [3.8, 4) is 11.5 Å². The Balaban J connectivity index is 1.86. The molecule has 0 unspecified atom stereocenters. The quantitative estimate of drug-likeness (QED) is 0.793. The fraction of sp³-hybridized carbons (Fsp3) is 0.222. The fourth-order valence-electron chi connectivity index (χ4n) is 2.12. The van der Waals surface area contributed by atoms with Gasteiger partial charge in [0.2, 0.25) is 5.91 Å². The third-order valence-corrected chi connectivity index (χ3v) is 3.68. The molecule has 0 saturated heterocycles. The van der Waals surface area contributed by atoms with Crippen LogP contribution in [0.3, 0.4) is 0 Å². The van der Waals surface area contributed by atoms with Crippen molar-refractivity contribution in [3.63, 3.8) is 0 Å². The van der Waals surface area contributed by atoms with Crippen LogP contribution in [0.1, 0.15) is 16.8 Å². The van der Waals surface area contributed by atoms with Crippen molar-refractivity contribution in [3.05, 3.63) is 53.1 Å². The molecule has 0 bridgehead atoms. The second kappa shape index (κ2) is 8.94. The highest BCUT2D eigenvalue weighted by Crippen LogP contribution is 2.28. The first-order valence-corrected chi connectivity index (χ1v) is 7.97. The second-order valence-corrected chi connectivity index (χ2v) is 5.56. The Labute approximate surface area is 151 Å². The Morgan fingerprint density at radius 1 is 1.04 bits per heavy atom. The van der Waals surface area contributed by atoms with Crippen molar-refractivity contribution in [1.82, 2.24) is 5.32 Å². The van der Waals surface area contributed by atoms with Gasteiger partial charge in [-0.2, -0.15) is 0 Å². The van der Waals surface area contributed by atoms with Crippen molar-refractivity contribution in [2.45, 2.75) is 6.42 Å². The summed E-state index contributed by atoms with van der Waals surface area (Å²) in [6.07, 6.45) is 0.125. The lowest BCUT2D eigenvalue weighted by atomic mass is 10.2. The number of amides is 2. The van der Waals surface area contributed by atoms with E-state index in [1.807, 2.05) is 0 Å². The van der Waals surface area contributed by atoms with Crippen LogP contribution in [0, 0.1) is 0 Å². The van der Waals surface area contributed by atoms with E-state index in [1.54, 1.807) is 49.6 Å². The number of carbonyl (C=O) groups excluding carboxylic acids is 2. The SMILES string of the molecule is COc1ccc(OC)c(NC(=O)CCNC(=O)c2ccc(Cl)cc2)c1. The Bertz CT molecular complexity index is 747. The minimum atomic E-state index is -0.261. The third kappa shape index (κ3) is 5.39. The Hall–Kier alpha value is -2.73. The minimum absolute atomic E-state index is 0.125. The van der Waals surface area contributed by atoms with Gasteiger partial charge in [-0.15, -0.1) is 0 Å². The Morgan fingerprint density at radius 3 is 2.40 bits per heavy atom. The molecular weight excluding hydrogens is 344 g/mol. The van der Waals surface area contributed by atoms with E-state index in [9.17, 15) is 9.59 Å². The molecule has 0 aliphatic rings. The highest BCUT2D eigenvalue weighted by atomic mass is 35.5. The van der Waals surface area contributed by atoms with Gasteiger partial charge in [-0.3, -0.25) is 9.59 Å². The molecule has 2 N–H and O–H groups in total. The van der Waals surface area contributed by atoms with Crippen molar-refractivity contribution >= 4 is 29.1 Å². The van der Waals surface area contributed by atoms with Gasteiger partial charge in [0, 0.05) is 29.6 Å². The lowest BCUT2D eigenvalue weighted by molar-refractivity contribution is -0.116. The van der Waals surface area contributed by atoms with Gasteiger partial charge >= 0.3 is 0 Å². The molecule has 7 heteroatoms. The largest absolute Gasteiger partial charge is 0.497 e. The average molecular weight is 363 g/mol. The molecule has 2 amide bonds. The fourth-order valence-corrected chi connectivity index (χ4v) is 2.24. The average Bonchev–Trinajstić information content (AvgIpc) is 2.62. The van der Waals surface area contributed by atoms with Crippen molar-refractivity contribution in [1.29, 1.82) is 0 Å². The molecule has 0 heterocycles. The van der Waals surface area contributed by atoms with Crippen LogP contribution in [0.2, 0.25) is 5.02 Å². The number of hydrogen-bond donors (Lipinski definition) is 2. The molecule has 0 radical (unpaired) electrons. The maximum absolute atomic E-state index is 12.1. The molecule has 0 fully saturated rings. The normalized spacial score (nSPS) is 10.0. The maximum atomic E-state index is 12.1. The predicted molar refractivity (Wildman–Crippen MR) is 96.6 cm³/mol. The van der Waals surface area contributed by atoms with E-state index in [0.717, 1.165) is 0 Å². The van der Waals surface area contributed by atoms with Crippen LogP contribution in [0.5, 0.6) is 11.5 Å².